The van der Waals surface area contributed by atoms with Gasteiger partial charge < -0.3 is 5.32 Å². The van der Waals surface area contributed by atoms with E-state index in [2.05, 4.69) is 5.32 Å². The van der Waals surface area contributed by atoms with Crippen LogP contribution in [0, 0.1) is 0 Å². The highest BCUT2D eigenvalue weighted by Crippen LogP contribution is 2.24. The maximum absolute atomic E-state index is 11.7. The highest BCUT2D eigenvalue weighted by atomic mass is 32.2. The van der Waals surface area contributed by atoms with Crippen LogP contribution in [0.3, 0.4) is 0 Å². The summed E-state index contributed by atoms with van der Waals surface area (Å²) in [4.78, 5) is 0.454. The highest BCUT2D eigenvalue weighted by Gasteiger charge is 2.15. The molecule has 0 bridgehead atoms. The van der Waals surface area contributed by atoms with E-state index in [0.717, 1.165) is 11.1 Å². The molecule has 0 aliphatic heterocycles. The first-order valence-electron chi connectivity index (χ1n) is 5.33. The van der Waals surface area contributed by atoms with Gasteiger partial charge in [-0.2, -0.15) is 0 Å². The Balaban J connectivity index is 3.33. The summed E-state index contributed by atoms with van der Waals surface area (Å²) in [7, 11) is -1.30. The van der Waals surface area contributed by atoms with Gasteiger partial charge in [0.1, 0.15) is 0 Å². The lowest BCUT2D eigenvalue weighted by Crippen LogP contribution is -2.09. The van der Waals surface area contributed by atoms with Gasteiger partial charge in [-0.25, -0.2) is 8.42 Å². The molecule has 0 atom stereocenters. The van der Waals surface area contributed by atoms with Gasteiger partial charge in [-0.15, -0.1) is 0 Å². The maximum Gasteiger partial charge on any atom is 0.175 e. The molecular formula is C12H19NO2S. The SMILES string of the molecule is CNCc1ccc(C(C)C)c(S(C)(=O)=O)c1. The zero-order chi connectivity index (χ0) is 12.3. The van der Waals surface area contributed by atoms with Crippen molar-refractivity contribution in [3.8, 4) is 0 Å². The monoisotopic (exact) mass is 241 g/mol. The molecule has 0 saturated carbocycles. The van der Waals surface area contributed by atoms with Gasteiger partial charge >= 0.3 is 0 Å². The minimum absolute atomic E-state index is 0.216. The van der Waals surface area contributed by atoms with Crippen LogP contribution in [0.2, 0.25) is 0 Å². The van der Waals surface area contributed by atoms with Gasteiger partial charge in [0.25, 0.3) is 0 Å². The van der Waals surface area contributed by atoms with Crippen LogP contribution in [-0.4, -0.2) is 21.7 Å². The second-order valence-electron chi connectivity index (χ2n) is 4.33. The molecule has 1 aromatic rings. The van der Waals surface area contributed by atoms with Gasteiger partial charge in [-0.05, 0) is 30.2 Å². The Labute approximate surface area is 97.8 Å². The second kappa shape index (κ2) is 4.97. The molecule has 1 rings (SSSR count). The van der Waals surface area contributed by atoms with E-state index in [9.17, 15) is 8.42 Å². The second-order valence-corrected chi connectivity index (χ2v) is 6.31. The molecule has 0 unspecified atom stereocenters. The summed E-state index contributed by atoms with van der Waals surface area (Å²) in [6, 6.07) is 5.65. The van der Waals surface area contributed by atoms with Crippen LogP contribution < -0.4 is 5.32 Å². The Bertz CT molecular complexity index is 464. The Hall–Kier alpha value is -0.870. The third-order valence-electron chi connectivity index (χ3n) is 2.48. The van der Waals surface area contributed by atoms with Crippen molar-refractivity contribution in [2.75, 3.05) is 13.3 Å². The van der Waals surface area contributed by atoms with Crippen LogP contribution >= 0.6 is 0 Å². The molecule has 0 fully saturated rings. The summed E-state index contributed by atoms with van der Waals surface area (Å²) >= 11 is 0. The molecule has 1 N–H and O–H groups in total. The predicted octanol–water partition coefficient (Wildman–Crippen LogP) is 1.93. The zero-order valence-electron chi connectivity index (χ0n) is 10.2. The van der Waals surface area contributed by atoms with E-state index >= 15 is 0 Å². The molecule has 0 aromatic heterocycles. The van der Waals surface area contributed by atoms with Crippen molar-refractivity contribution < 1.29 is 8.42 Å². The first kappa shape index (κ1) is 13.2. The Kier molecular flexibility index (Phi) is 4.10. The van der Waals surface area contributed by atoms with E-state index < -0.39 is 9.84 Å². The van der Waals surface area contributed by atoms with Crippen molar-refractivity contribution in [1.29, 1.82) is 0 Å². The Morgan fingerprint density at radius 2 is 1.94 bits per heavy atom. The van der Waals surface area contributed by atoms with Crippen LogP contribution in [-0.2, 0) is 16.4 Å². The minimum atomic E-state index is -3.15. The van der Waals surface area contributed by atoms with E-state index in [0.29, 0.717) is 11.4 Å². The van der Waals surface area contributed by atoms with Gasteiger partial charge in [0.05, 0.1) is 4.90 Å². The molecule has 0 aliphatic carbocycles. The average Bonchev–Trinajstić information content (AvgIpc) is 2.16. The molecular weight excluding hydrogens is 222 g/mol. The number of nitrogens with one attached hydrogen (secondary N) is 1. The number of hydrogen-bond acceptors (Lipinski definition) is 3. The van der Waals surface area contributed by atoms with E-state index in [1.165, 1.54) is 6.26 Å². The number of hydrogen-bond donors (Lipinski definition) is 1. The fourth-order valence-corrected chi connectivity index (χ4v) is 2.79. The highest BCUT2D eigenvalue weighted by molar-refractivity contribution is 7.90. The van der Waals surface area contributed by atoms with Crippen molar-refractivity contribution in [3.63, 3.8) is 0 Å². The van der Waals surface area contributed by atoms with Crippen molar-refractivity contribution >= 4 is 9.84 Å². The first-order chi connectivity index (χ1) is 7.36. The largest absolute Gasteiger partial charge is 0.316 e. The van der Waals surface area contributed by atoms with E-state index in [1.807, 2.05) is 33.0 Å². The molecule has 1 aromatic carbocycles. The summed E-state index contributed by atoms with van der Waals surface area (Å²) in [5.41, 5.74) is 1.88. The molecule has 4 heteroatoms. The lowest BCUT2D eigenvalue weighted by atomic mass is 10.0. The van der Waals surface area contributed by atoms with Crippen molar-refractivity contribution in [3.05, 3.63) is 29.3 Å². The molecule has 0 saturated heterocycles. The quantitative estimate of drug-likeness (QED) is 0.876. The number of benzene rings is 1. The molecule has 0 spiro atoms. The van der Waals surface area contributed by atoms with Gasteiger partial charge in [0.15, 0.2) is 9.84 Å². The van der Waals surface area contributed by atoms with Crippen molar-refractivity contribution in [1.82, 2.24) is 5.32 Å². The summed E-state index contributed by atoms with van der Waals surface area (Å²) < 4.78 is 23.4. The first-order valence-corrected chi connectivity index (χ1v) is 7.23. The predicted molar refractivity (Wildman–Crippen MR) is 66.4 cm³/mol. The molecule has 0 radical (unpaired) electrons. The summed E-state index contributed by atoms with van der Waals surface area (Å²) in [6.07, 6.45) is 1.26. The molecule has 16 heavy (non-hydrogen) atoms. The smallest absolute Gasteiger partial charge is 0.175 e. The standard InChI is InChI=1S/C12H19NO2S/c1-9(2)11-6-5-10(8-13-3)7-12(11)16(4,14)15/h5-7,9,13H,8H2,1-4H3. The summed E-state index contributed by atoms with van der Waals surface area (Å²) in [5, 5.41) is 3.02. The molecule has 0 amide bonds. The van der Waals surface area contributed by atoms with Crippen LogP contribution in [0.15, 0.2) is 23.1 Å². The van der Waals surface area contributed by atoms with Gasteiger partial charge in [-0.3, -0.25) is 0 Å². The third kappa shape index (κ3) is 3.06. The maximum atomic E-state index is 11.7. The number of rotatable bonds is 4. The molecule has 3 nitrogen and oxygen atoms in total. The van der Waals surface area contributed by atoms with Crippen LogP contribution in [0.25, 0.3) is 0 Å². The van der Waals surface area contributed by atoms with E-state index in [1.54, 1.807) is 6.07 Å². The molecule has 0 aliphatic rings. The normalized spacial score (nSPS) is 12.1. The Morgan fingerprint density at radius 1 is 1.31 bits per heavy atom. The fraction of sp³-hybridized carbons (Fsp3) is 0.500. The van der Waals surface area contributed by atoms with Gasteiger partial charge in [0, 0.05) is 12.8 Å². The van der Waals surface area contributed by atoms with Crippen molar-refractivity contribution in [2.24, 2.45) is 0 Å². The van der Waals surface area contributed by atoms with Gasteiger partial charge in [-0.1, -0.05) is 26.0 Å². The lowest BCUT2D eigenvalue weighted by molar-refractivity contribution is 0.599. The Morgan fingerprint density at radius 3 is 2.38 bits per heavy atom. The van der Waals surface area contributed by atoms with E-state index in [-0.39, 0.29) is 5.92 Å². The van der Waals surface area contributed by atoms with E-state index in [4.69, 9.17) is 0 Å². The van der Waals surface area contributed by atoms with Crippen molar-refractivity contribution in [2.45, 2.75) is 31.2 Å². The lowest BCUT2D eigenvalue weighted by Gasteiger charge is -2.13. The average molecular weight is 241 g/mol. The third-order valence-corrected chi connectivity index (χ3v) is 3.63. The fourth-order valence-electron chi connectivity index (χ4n) is 1.69. The molecule has 90 valence electrons. The van der Waals surface area contributed by atoms with Crippen LogP contribution in [0.5, 0.6) is 0 Å². The summed E-state index contributed by atoms with van der Waals surface area (Å²) in [5.74, 6) is 0.216. The number of sulfone groups is 1. The van der Waals surface area contributed by atoms with Crippen LogP contribution in [0.4, 0.5) is 0 Å². The molecule has 0 heterocycles. The topological polar surface area (TPSA) is 46.2 Å². The van der Waals surface area contributed by atoms with Gasteiger partial charge in [0.2, 0.25) is 0 Å². The zero-order valence-corrected chi connectivity index (χ0v) is 11.1. The summed E-state index contributed by atoms with van der Waals surface area (Å²) in [6.45, 7) is 4.68. The minimum Gasteiger partial charge on any atom is -0.316 e. The van der Waals surface area contributed by atoms with Crippen LogP contribution in [0.1, 0.15) is 30.9 Å².